The Balaban J connectivity index is 1.82. The lowest BCUT2D eigenvalue weighted by atomic mass is 10.1. The number of nitrogens with one attached hydrogen (secondary N) is 1. The van der Waals surface area contributed by atoms with Gasteiger partial charge >= 0.3 is 0 Å². The topological polar surface area (TPSA) is 36.1 Å². The summed E-state index contributed by atoms with van der Waals surface area (Å²) in [6.07, 6.45) is 4.81. The summed E-state index contributed by atoms with van der Waals surface area (Å²) in [4.78, 5) is 20.1. The van der Waals surface area contributed by atoms with Crippen molar-refractivity contribution in [1.82, 2.24) is 9.88 Å². The minimum Gasteiger partial charge on any atom is -0.326 e. The molecule has 0 spiro atoms. The lowest BCUT2D eigenvalue weighted by Crippen LogP contribution is -2.28. The molecule has 4 heteroatoms. The van der Waals surface area contributed by atoms with E-state index in [4.69, 9.17) is 0 Å². The van der Waals surface area contributed by atoms with Crippen LogP contribution in [0.3, 0.4) is 0 Å². The van der Waals surface area contributed by atoms with Crippen LogP contribution in [0.4, 0.5) is 0 Å². The number of piperidine rings is 1. The van der Waals surface area contributed by atoms with E-state index in [0.717, 1.165) is 24.2 Å². The maximum atomic E-state index is 11.9. The van der Waals surface area contributed by atoms with E-state index in [2.05, 4.69) is 28.1 Å². The van der Waals surface area contributed by atoms with Gasteiger partial charge in [0.05, 0.1) is 0 Å². The molecular formula is C18H24N2OS. The van der Waals surface area contributed by atoms with E-state index < -0.39 is 0 Å². The molecule has 0 unspecified atom stereocenters. The first-order valence-corrected chi connectivity index (χ1v) is 9.03. The molecule has 0 atom stereocenters. The molecule has 2 aromatic heterocycles. The van der Waals surface area contributed by atoms with Gasteiger partial charge in [0, 0.05) is 33.1 Å². The van der Waals surface area contributed by atoms with Crippen LogP contribution in [0, 0.1) is 6.92 Å². The van der Waals surface area contributed by atoms with Crippen LogP contribution in [0.5, 0.6) is 0 Å². The van der Waals surface area contributed by atoms with Crippen molar-refractivity contribution in [1.29, 1.82) is 0 Å². The predicted molar refractivity (Wildman–Crippen MR) is 93.6 cm³/mol. The first-order chi connectivity index (χ1) is 10.7. The Hall–Kier alpha value is -1.39. The number of pyridine rings is 1. The van der Waals surface area contributed by atoms with Gasteiger partial charge in [-0.1, -0.05) is 13.3 Å². The van der Waals surface area contributed by atoms with Gasteiger partial charge in [-0.05, 0) is 57.5 Å². The van der Waals surface area contributed by atoms with Gasteiger partial charge in [0.15, 0.2) is 0 Å². The summed E-state index contributed by atoms with van der Waals surface area (Å²) >= 11 is 1.86. The number of rotatable bonds is 4. The molecule has 2 aromatic rings. The molecule has 0 aliphatic carbocycles. The van der Waals surface area contributed by atoms with Crippen LogP contribution in [0.1, 0.15) is 42.3 Å². The van der Waals surface area contributed by atoms with Gasteiger partial charge in [0.2, 0.25) is 0 Å². The third-order valence-electron chi connectivity index (χ3n) is 4.45. The normalized spacial score (nSPS) is 16.1. The monoisotopic (exact) mass is 316 g/mol. The number of hydrogen-bond acceptors (Lipinski definition) is 3. The second-order valence-electron chi connectivity index (χ2n) is 6.12. The molecule has 3 rings (SSSR count). The molecule has 3 heterocycles. The fourth-order valence-electron chi connectivity index (χ4n) is 3.13. The quantitative estimate of drug-likeness (QED) is 0.927. The van der Waals surface area contributed by atoms with E-state index in [-0.39, 0.29) is 5.56 Å². The molecule has 1 aliphatic rings. The largest absolute Gasteiger partial charge is 0.326 e. The Labute approximate surface area is 136 Å². The van der Waals surface area contributed by atoms with E-state index in [1.165, 1.54) is 47.7 Å². The van der Waals surface area contributed by atoms with Crippen molar-refractivity contribution < 1.29 is 0 Å². The van der Waals surface area contributed by atoms with Gasteiger partial charge in [-0.15, -0.1) is 11.3 Å². The third kappa shape index (κ3) is 3.33. The molecule has 0 bridgehead atoms. The van der Waals surface area contributed by atoms with Crippen molar-refractivity contribution in [3.63, 3.8) is 0 Å². The Morgan fingerprint density at radius 1 is 1.23 bits per heavy atom. The van der Waals surface area contributed by atoms with Crippen LogP contribution in [0.15, 0.2) is 23.0 Å². The molecule has 0 saturated carbocycles. The summed E-state index contributed by atoms with van der Waals surface area (Å²) in [7, 11) is 0. The second kappa shape index (κ2) is 6.80. The number of aromatic amines is 1. The first-order valence-electron chi connectivity index (χ1n) is 8.21. The lowest BCUT2D eigenvalue weighted by Gasteiger charge is -2.25. The average Bonchev–Trinajstić information content (AvgIpc) is 2.97. The predicted octanol–water partition coefficient (Wildman–Crippen LogP) is 3.96. The minimum atomic E-state index is 0.0499. The SMILES string of the molecule is CCc1cc(-c2ccc(CN3CCCCC3)s2)c(C)[nH]c1=O. The zero-order valence-corrected chi connectivity index (χ0v) is 14.3. The summed E-state index contributed by atoms with van der Waals surface area (Å²) < 4.78 is 0. The van der Waals surface area contributed by atoms with Gasteiger partial charge in [0.25, 0.3) is 5.56 Å². The van der Waals surface area contributed by atoms with Gasteiger partial charge in [-0.2, -0.15) is 0 Å². The smallest absolute Gasteiger partial charge is 0.251 e. The molecule has 0 amide bonds. The Bertz CT molecular complexity index is 695. The Morgan fingerprint density at radius 3 is 2.73 bits per heavy atom. The molecule has 118 valence electrons. The summed E-state index contributed by atoms with van der Waals surface area (Å²) in [5, 5.41) is 0. The fraction of sp³-hybridized carbons (Fsp3) is 0.500. The van der Waals surface area contributed by atoms with E-state index in [0.29, 0.717) is 0 Å². The van der Waals surface area contributed by atoms with Crippen LogP contribution in [0.2, 0.25) is 0 Å². The molecule has 0 aromatic carbocycles. The van der Waals surface area contributed by atoms with Crippen molar-refractivity contribution in [2.75, 3.05) is 13.1 Å². The highest BCUT2D eigenvalue weighted by atomic mass is 32.1. The minimum absolute atomic E-state index is 0.0499. The van der Waals surface area contributed by atoms with Crippen molar-refractivity contribution >= 4 is 11.3 Å². The van der Waals surface area contributed by atoms with Crippen molar-refractivity contribution in [3.05, 3.63) is 44.7 Å². The zero-order chi connectivity index (χ0) is 15.5. The number of nitrogens with zero attached hydrogens (tertiary/aromatic N) is 1. The molecule has 22 heavy (non-hydrogen) atoms. The Kier molecular flexibility index (Phi) is 4.79. The highest BCUT2D eigenvalue weighted by molar-refractivity contribution is 7.15. The number of hydrogen-bond donors (Lipinski definition) is 1. The average molecular weight is 316 g/mol. The molecule has 1 fully saturated rings. The summed E-state index contributed by atoms with van der Waals surface area (Å²) in [6, 6.07) is 6.50. The highest BCUT2D eigenvalue weighted by Gasteiger charge is 2.13. The van der Waals surface area contributed by atoms with Gasteiger partial charge < -0.3 is 4.98 Å². The van der Waals surface area contributed by atoms with E-state index >= 15 is 0 Å². The molecule has 1 N–H and O–H groups in total. The van der Waals surface area contributed by atoms with E-state index in [1.807, 2.05) is 25.2 Å². The number of aromatic nitrogens is 1. The summed E-state index contributed by atoms with van der Waals surface area (Å²) in [5.74, 6) is 0. The van der Waals surface area contributed by atoms with Crippen LogP contribution in [0.25, 0.3) is 10.4 Å². The number of thiophene rings is 1. The van der Waals surface area contributed by atoms with Crippen LogP contribution in [-0.4, -0.2) is 23.0 Å². The van der Waals surface area contributed by atoms with Crippen molar-refractivity contribution in [3.8, 4) is 10.4 Å². The standard InChI is InChI=1S/C18H24N2OS/c1-3-14-11-16(13(2)19-18(14)21)17-8-7-15(22-17)12-20-9-5-4-6-10-20/h7-8,11H,3-6,9-10,12H2,1-2H3,(H,19,21). The van der Waals surface area contributed by atoms with Gasteiger partial charge in [0.1, 0.15) is 0 Å². The summed E-state index contributed by atoms with van der Waals surface area (Å²) in [5.41, 5.74) is 3.06. The number of likely N-dealkylation sites (tertiary alicyclic amines) is 1. The highest BCUT2D eigenvalue weighted by Crippen LogP contribution is 2.31. The third-order valence-corrected chi connectivity index (χ3v) is 5.55. The molecule has 0 radical (unpaired) electrons. The fourth-order valence-corrected chi connectivity index (χ4v) is 4.25. The van der Waals surface area contributed by atoms with Crippen molar-refractivity contribution in [2.24, 2.45) is 0 Å². The van der Waals surface area contributed by atoms with Crippen LogP contribution in [-0.2, 0) is 13.0 Å². The zero-order valence-electron chi connectivity index (χ0n) is 13.4. The number of aryl methyl sites for hydroxylation is 2. The summed E-state index contributed by atoms with van der Waals surface area (Å²) in [6.45, 7) is 7.53. The second-order valence-corrected chi connectivity index (χ2v) is 7.29. The Morgan fingerprint density at radius 2 is 2.00 bits per heavy atom. The molecule has 1 saturated heterocycles. The van der Waals surface area contributed by atoms with Crippen LogP contribution >= 0.6 is 11.3 Å². The van der Waals surface area contributed by atoms with Gasteiger partial charge in [-0.3, -0.25) is 9.69 Å². The maximum absolute atomic E-state index is 11.9. The van der Waals surface area contributed by atoms with E-state index in [9.17, 15) is 4.79 Å². The maximum Gasteiger partial charge on any atom is 0.251 e. The van der Waals surface area contributed by atoms with E-state index in [1.54, 1.807) is 0 Å². The molecule has 1 aliphatic heterocycles. The first kappa shape index (κ1) is 15.5. The number of H-pyrrole nitrogens is 1. The molecular weight excluding hydrogens is 292 g/mol. The van der Waals surface area contributed by atoms with Crippen molar-refractivity contribution in [2.45, 2.75) is 46.1 Å². The lowest BCUT2D eigenvalue weighted by molar-refractivity contribution is 0.222. The molecule has 3 nitrogen and oxygen atoms in total. The van der Waals surface area contributed by atoms with Gasteiger partial charge in [-0.25, -0.2) is 0 Å². The van der Waals surface area contributed by atoms with Crippen LogP contribution < -0.4 is 5.56 Å².